The lowest BCUT2D eigenvalue weighted by Crippen LogP contribution is -1.86. The molecule has 1 aromatic heterocycles. The van der Waals surface area contributed by atoms with Gasteiger partial charge in [0.1, 0.15) is 11.5 Å². The Morgan fingerprint density at radius 3 is 2.74 bits per heavy atom. The van der Waals surface area contributed by atoms with Gasteiger partial charge >= 0.3 is 0 Å². The number of hydrogen-bond donors (Lipinski definition) is 0. The summed E-state index contributed by atoms with van der Waals surface area (Å²) in [6, 6.07) is 15.6. The lowest BCUT2D eigenvalue weighted by Gasteiger charge is -2.07. The van der Waals surface area contributed by atoms with E-state index in [1.807, 2.05) is 24.3 Å². The van der Waals surface area contributed by atoms with E-state index in [1.54, 1.807) is 24.4 Å². The average Bonchev–Trinajstić information content (AvgIpc) is 2.43. The van der Waals surface area contributed by atoms with E-state index in [9.17, 15) is 0 Å². The Morgan fingerprint density at radius 1 is 1.00 bits per heavy atom. The third kappa shape index (κ3) is 2.65. The summed E-state index contributed by atoms with van der Waals surface area (Å²) in [6.45, 7) is 0. The Kier molecular flexibility index (Phi) is 3.28. The van der Waals surface area contributed by atoms with Gasteiger partial charge in [-0.05, 0) is 30.3 Å². The fourth-order valence-electron chi connectivity index (χ4n) is 1.72. The Balaban J connectivity index is 1.94. The molecule has 2 nitrogen and oxygen atoms in total. The summed E-state index contributed by atoms with van der Waals surface area (Å²) in [5.74, 6) is 1.27. The molecule has 0 atom stereocenters. The minimum absolute atomic E-state index is 0.461. The van der Waals surface area contributed by atoms with Gasteiger partial charge in [0.25, 0.3) is 0 Å². The molecule has 0 saturated heterocycles. The standard InChI is InChI=1S/C15H8Cl2NO/c16-13-6-5-11(8-14(13)17)19-12-7-10-3-1-2-4-15(10)18-9-12/h1,3-9H. The van der Waals surface area contributed by atoms with E-state index in [0.29, 0.717) is 21.5 Å². The van der Waals surface area contributed by atoms with Crippen LogP contribution in [0.4, 0.5) is 0 Å². The number of nitrogens with zero attached hydrogens (tertiary/aromatic N) is 1. The summed E-state index contributed by atoms with van der Waals surface area (Å²) in [4.78, 5) is 4.30. The normalized spacial score (nSPS) is 10.6. The quantitative estimate of drug-likeness (QED) is 0.652. The van der Waals surface area contributed by atoms with Crippen LogP contribution in [-0.4, -0.2) is 4.98 Å². The van der Waals surface area contributed by atoms with Crippen LogP contribution in [0.2, 0.25) is 10.0 Å². The van der Waals surface area contributed by atoms with Crippen molar-refractivity contribution in [3.05, 3.63) is 64.8 Å². The van der Waals surface area contributed by atoms with Crippen molar-refractivity contribution in [3.63, 3.8) is 0 Å². The number of aromatic nitrogens is 1. The molecule has 19 heavy (non-hydrogen) atoms. The highest BCUT2D eigenvalue weighted by atomic mass is 35.5. The molecule has 0 aliphatic rings. The van der Waals surface area contributed by atoms with E-state index in [0.717, 1.165) is 10.9 Å². The maximum Gasteiger partial charge on any atom is 0.146 e. The summed E-state index contributed by atoms with van der Waals surface area (Å²) in [6.07, 6.45) is 1.67. The highest BCUT2D eigenvalue weighted by Gasteiger charge is 2.03. The lowest BCUT2D eigenvalue weighted by molar-refractivity contribution is 0.481. The van der Waals surface area contributed by atoms with Crippen LogP contribution < -0.4 is 4.74 Å². The lowest BCUT2D eigenvalue weighted by atomic mass is 10.2. The fraction of sp³-hybridized carbons (Fsp3) is 0. The smallest absolute Gasteiger partial charge is 0.146 e. The van der Waals surface area contributed by atoms with E-state index in [4.69, 9.17) is 27.9 Å². The molecule has 2 aromatic carbocycles. The number of pyridine rings is 1. The van der Waals surface area contributed by atoms with Crippen LogP contribution in [0.15, 0.2) is 48.7 Å². The van der Waals surface area contributed by atoms with Crippen molar-refractivity contribution in [2.75, 3.05) is 0 Å². The van der Waals surface area contributed by atoms with E-state index >= 15 is 0 Å². The Labute approximate surface area is 120 Å². The summed E-state index contributed by atoms with van der Waals surface area (Å²) >= 11 is 11.8. The van der Waals surface area contributed by atoms with Crippen LogP contribution >= 0.6 is 23.2 Å². The molecule has 1 heterocycles. The predicted octanol–water partition coefficient (Wildman–Crippen LogP) is 5.13. The molecule has 0 N–H and O–H groups in total. The highest BCUT2D eigenvalue weighted by molar-refractivity contribution is 6.42. The van der Waals surface area contributed by atoms with Crippen molar-refractivity contribution in [2.45, 2.75) is 0 Å². The molecular weight excluding hydrogens is 281 g/mol. The molecule has 0 amide bonds. The maximum atomic E-state index is 5.94. The van der Waals surface area contributed by atoms with Crippen molar-refractivity contribution in [1.82, 2.24) is 4.98 Å². The number of benzene rings is 2. The number of ether oxygens (including phenoxy) is 1. The van der Waals surface area contributed by atoms with Crippen LogP contribution in [0.25, 0.3) is 10.9 Å². The minimum Gasteiger partial charge on any atom is -0.456 e. The van der Waals surface area contributed by atoms with Crippen molar-refractivity contribution < 1.29 is 4.74 Å². The van der Waals surface area contributed by atoms with E-state index in [2.05, 4.69) is 11.1 Å². The second-order valence-electron chi connectivity index (χ2n) is 3.97. The van der Waals surface area contributed by atoms with Gasteiger partial charge in [-0.1, -0.05) is 35.3 Å². The maximum absolute atomic E-state index is 5.94. The molecule has 0 fully saturated rings. The summed E-state index contributed by atoms with van der Waals surface area (Å²) in [7, 11) is 0. The summed E-state index contributed by atoms with van der Waals surface area (Å²) < 4.78 is 5.71. The van der Waals surface area contributed by atoms with Gasteiger partial charge in [-0.2, -0.15) is 0 Å². The van der Waals surface area contributed by atoms with Gasteiger partial charge in [0.15, 0.2) is 0 Å². The van der Waals surface area contributed by atoms with Gasteiger partial charge < -0.3 is 4.74 Å². The van der Waals surface area contributed by atoms with Crippen molar-refractivity contribution >= 4 is 34.1 Å². The highest BCUT2D eigenvalue weighted by Crippen LogP contribution is 2.30. The molecular formula is C15H8Cl2NO. The Hall–Kier alpha value is -1.77. The fourth-order valence-corrected chi connectivity index (χ4v) is 2.01. The van der Waals surface area contributed by atoms with Crippen LogP contribution in [0.1, 0.15) is 0 Å². The van der Waals surface area contributed by atoms with Gasteiger partial charge in [-0.3, -0.25) is 4.98 Å². The largest absolute Gasteiger partial charge is 0.456 e. The molecule has 93 valence electrons. The molecule has 0 saturated carbocycles. The first-order valence-corrected chi connectivity index (χ1v) is 6.37. The molecule has 0 aliphatic heterocycles. The molecule has 1 radical (unpaired) electrons. The number of rotatable bonds is 2. The van der Waals surface area contributed by atoms with Crippen molar-refractivity contribution in [2.24, 2.45) is 0 Å². The molecule has 0 bridgehead atoms. The number of hydrogen-bond acceptors (Lipinski definition) is 2. The Bertz CT molecular complexity index is 743. The van der Waals surface area contributed by atoms with Gasteiger partial charge in [0.05, 0.1) is 21.8 Å². The minimum atomic E-state index is 0.461. The zero-order valence-corrected chi connectivity index (χ0v) is 11.2. The average molecular weight is 289 g/mol. The SMILES string of the molecule is Clc1ccc(Oc2cnc3c[c]ccc3c2)cc1Cl. The van der Waals surface area contributed by atoms with Crippen molar-refractivity contribution in [3.8, 4) is 11.5 Å². The predicted molar refractivity (Wildman–Crippen MR) is 77.1 cm³/mol. The molecule has 3 rings (SSSR count). The van der Waals surface area contributed by atoms with Crippen LogP contribution in [0.5, 0.6) is 11.5 Å². The second-order valence-corrected chi connectivity index (χ2v) is 4.78. The first kappa shape index (κ1) is 12.3. The number of fused-ring (bicyclic) bond motifs is 1. The third-order valence-corrected chi connectivity index (χ3v) is 3.37. The second kappa shape index (κ2) is 5.08. The first-order chi connectivity index (χ1) is 9.22. The topological polar surface area (TPSA) is 22.1 Å². The van der Waals surface area contributed by atoms with E-state index in [1.165, 1.54) is 0 Å². The van der Waals surface area contributed by atoms with E-state index in [-0.39, 0.29) is 0 Å². The molecule has 0 unspecified atom stereocenters. The molecule has 0 spiro atoms. The first-order valence-electron chi connectivity index (χ1n) is 5.61. The van der Waals surface area contributed by atoms with Crippen LogP contribution in [0, 0.1) is 6.07 Å². The zero-order valence-electron chi connectivity index (χ0n) is 9.73. The number of halogens is 2. The Morgan fingerprint density at radius 2 is 1.89 bits per heavy atom. The van der Waals surface area contributed by atoms with E-state index < -0.39 is 0 Å². The van der Waals surface area contributed by atoms with Gasteiger partial charge in [0, 0.05) is 11.5 Å². The van der Waals surface area contributed by atoms with Crippen molar-refractivity contribution in [1.29, 1.82) is 0 Å². The summed E-state index contributed by atoms with van der Waals surface area (Å²) in [5, 5.41) is 1.96. The monoisotopic (exact) mass is 288 g/mol. The van der Waals surface area contributed by atoms with Gasteiger partial charge in [-0.15, -0.1) is 0 Å². The summed E-state index contributed by atoms with van der Waals surface area (Å²) in [5.41, 5.74) is 0.879. The third-order valence-electron chi connectivity index (χ3n) is 2.63. The zero-order chi connectivity index (χ0) is 13.2. The van der Waals surface area contributed by atoms with Crippen LogP contribution in [-0.2, 0) is 0 Å². The van der Waals surface area contributed by atoms with Crippen LogP contribution in [0.3, 0.4) is 0 Å². The molecule has 4 heteroatoms. The molecule has 0 aliphatic carbocycles. The van der Waals surface area contributed by atoms with Gasteiger partial charge in [-0.25, -0.2) is 0 Å². The molecule has 3 aromatic rings. The van der Waals surface area contributed by atoms with Gasteiger partial charge in [0.2, 0.25) is 0 Å².